The topological polar surface area (TPSA) is 108 Å². The first-order chi connectivity index (χ1) is 16.0. The number of para-hydroxylation sites is 1. The number of aromatic hydroxyl groups is 1. The van der Waals surface area contributed by atoms with E-state index in [1.807, 2.05) is 37.3 Å². The second-order valence-corrected chi connectivity index (χ2v) is 8.59. The van der Waals surface area contributed by atoms with Crippen molar-refractivity contribution in [3.8, 4) is 17.1 Å². The first-order valence-electron chi connectivity index (χ1n) is 11.3. The zero-order valence-electron chi connectivity index (χ0n) is 19.0. The third kappa shape index (κ3) is 5.17. The Morgan fingerprint density at radius 3 is 2.85 bits per heavy atom. The zero-order chi connectivity index (χ0) is 23.4. The van der Waals surface area contributed by atoms with Crippen molar-refractivity contribution in [3.63, 3.8) is 0 Å². The van der Waals surface area contributed by atoms with E-state index in [0.717, 1.165) is 41.7 Å². The number of nitrogens with one attached hydrogen (secondary N) is 1. The average Bonchev–Trinajstić information content (AvgIpc) is 2.81. The van der Waals surface area contributed by atoms with Crippen LogP contribution in [-0.2, 0) is 4.74 Å². The maximum absolute atomic E-state index is 11.4. The van der Waals surface area contributed by atoms with Gasteiger partial charge >= 0.3 is 6.09 Å². The van der Waals surface area contributed by atoms with E-state index in [9.17, 15) is 15.0 Å². The molecule has 0 aliphatic carbocycles. The maximum Gasteiger partial charge on any atom is 0.404 e. The molecule has 1 amide bonds. The van der Waals surface area contributed by atoms with Gasteiger partial charge < -0.3 is 25.2 Å². The Labute approximate surface area is 193 Å². The van der Waals surface area contributed by atoms with Gasteiger partial charge in [-0.1, -0.05) is 18.2 Å². The van der Waals surface area contributed by atoms with Crippen LogP contribution in [0.1, 0.15) is 24.8 Å². The third-order valence-corrected chi connectivity index (χ3v) is 6.25. The van der Waals surface area contributed by atoms with Crippen LogP contribution in [0.4, 0.5) is 10.6 Å². The van der Waals surface area contributed by atoms with Crippen molar-refractivity contribution in [2.24, 2.45) is 5.92 Å². The molecular formula is C25H30N4O4. The number of hydrogen-bond donors (Lipinski definition) is 3. The van der Waals surface area contributed by atoms with E-state index < -0.39 is 6.09 Å². The normalized spacial score (nSPS) is 17.2. The first-order valence-corrected chi connectivity index (χ1v) is 11.3. The summed E-state index contributed by atoms with van der Waals surface area (Å²) < 4.78 is 5.21. The number of ether oxygens (including phenoxy) is 1. The van der Waals surface area contributed by atoms with E-state index in [4.69, 9.17) is 14.7 Å². The molecule has 0 bridgehead atoms. The van der Waals surface area contributed by atoms with E-state index in [0.29, 0.717) is 31.0 Å². The molecule has 0 saturated carbocycles. The highest BCUT2D eigenvalue weighted by atomic mass is 16.5. The van der Waals surface area contributed by atoms with Crippen LogP contribution in [0.2, 0.25) is 0 Å². The second-order valence-electron chi connectivity index (χ2n) is 8.59. The van der Waals surface area contributed by atoms with E-state index in [1.54, 1.807) is 19.2 Å². The summed E-state index contributed by atoms with van der Waals surface area (Å²) in [6.07, 6.45) is 1.46. The summed E-state index contributed by atoms with van der Waals surface area (Å²) in [7, 11) is 1.63. The molecule has 0 radical (unpaired) electrons. The summed E-state index contributed by atoms with van der Waals surface area (Å²) in [5.41, 5.74) is 2.50. The standard InChI is InChI=1S/C25H30N4O4/c1-16-9-10-18-21(14-16)26-23(19-7-3-4-8-22(19)30)28-24(18)29-12-5-6-17(15-29)20(11-13-33-2)27-25(31)32/h3-4,7-10,14,17,20,27,30H,5-6,11-13,15H2,1-2H3,(H,31,32)/t17-,20?/m0/s1. The molecule has 0 spiro atoms. The number of carbonyl (C=O) groups is 1. The van der Waals surface area contributed by atoms with Gasteiger partial charge in [-0.05, 0) is 61.9 Å². The summed E-state index contributed by atoms with van der Waals surface area (Å²) in [5, 5.41) is 23.4. The Bertz CT molecular complexity index is 1140. The van der Waals surface area contributed by atoms with Gasteiger partial charge in [-0.3, -0.25) is 0 Å². The predicted octanol–water partition coefficient (Wildman–Crippen LogP) is 4.20. The minimum absolute atomic E-state index is 0.133. The number of piperidine rings is 1. The van der Waals surface area contributed by atoms with Crippen LogP contribution < -0.4 is 10.2 Å². The minimum Gasteiger partial charge on any atom is -0.507 e. The van der Waals surface area contributed by atoms with Gasteiger partial charge in [0.2, 0.25) is 0 Å². The van der Waals surface area contributed by atoms with Crippen LogP contribution in [0.25, 0.3) is 22.3 Å². The first kappa shape index (κ1) is 22.8. The molecule has 2 atom stereocenters. The van der Waals surface area contributed by atoms with Crippen molar-refractivity contribution in [1.82, 2.24) is 15.3 Å². The molecule has 2 aromatic carbocycles. The lowest BCUT2D eigenvalue weighted by atomic mass is 9.88. The number of aryl methyl sites for hydroxylation is 1. The van der Waals surface area contributed by atoms with Gasteiger partial charge in [0, 0.05) is 38.2 Å². The highest BCUT2D eigenvalue weighted by Crippen LogP contribution is 2.34. The van der Waals surface area contributed by atoms with Crippen LogP contribution in [0, 0.1) is 12.8 Å². The average molecular weight is 451 g/mol. The lowest BCUT2D eigenvalue weighted by Crippen LogP contribution is -2.48. The van der Waals surface area contributed by atoms with Gasteiger partial charge in [0.1, 0.15) is 11.6 Å². The van der Waals surface area contributed by atoms with Gasteiger partial charge in [0.05, 0.1) is 11.1 Å². The molecule has 4 rings (SSSR count). The number of rotatable bonds is 7. The highest BCUT2D eigenvalue weighted by molar-refractivity contribution is 5.92. The molecule has 3 aromatic rings. The Hall–Kier alpha value is -3.39. The van der Waals surface area contributed by atoms with Gasteiger partial charge in [-0.2, -0.15) is 0 Å². The summed E-state index contributed by atoms with van der Waals surface area (Å²) in [6, 6.07) is 13.0. The summed E-state index contributed by atoms with van der Waals surface area (Å²) in [4.78, 5) is 23.3. The third-order valence-electron chi connectivity index (χ3n) is 6.25. The lowest BCUT2D eigenvalue weighted by molar-refractivity contribution is 0.152. The van der Waals surface area contributed by atoms with E-state index >= 15 is 0 Å². The van der Waals surface area contributed by atoms with Crippen molar-refractivity contribution in [2.75, 3.05) is 31.7 Å². The summed E-state index contributed by atoms with van der Waals surface area (Å²) in [5.74, 6) is 1.55. The van der Waals surface area contributed by atoms with E-state index in [-0.39, 0.29) is 17.7 Å². The van der Waals surface area contributed by atoms with Crippen LogP contribution in [0.15, 0.2) is 42.5 Å². The highest BCUT2D eigenvalue weighted by Gasteiger charge is 2.30. The minimum atomic E-state index is -1.02. The Kier molecular flexibility index (Phi) is 6.93. The largest absolute Gasteiger partial charge is 0.507 e. The van der Waals surface area contributed by atoms with Crippen LogP contribution in [0.3, 0.4) is 0 Å². The molecule has 1 saturated heterocycles. The Morgan fingerprint density at radius 2 is 2.09 bits per heavy atom. The fourth-order valence-electron chi connectivity index (χ4n) is 4.61. The summed E-state index contributed by atoms with van der Waals surface area (Å²) in [6.45, 7) is 4.01. The molecule has 1 aromatic heterocycles. The molecular weight excluding hydrogens is 420 g/mol. The molecule has 2 heterocycles. The number of aromatic nitrogens is 2. The molecule has 3 N–H and O–H groups in total. The molecule has 1 fully saturated rings. The molecule has 174 valence electrons. The number of phenolic OH excluding ortho intramolecular Hbond substituents is 1. The zero-order valence-corrected chi connectivity index (χ0v) is 19.0. The number of amides is 1. The maximum atomic E-state index is 11.4. The molecule has 8 heteroatoms. The number of benzene rings is 2. The van der Waals surface area contributed by atoms with Crippen LogP contribution in [-0.4, -0.2) is 59.1 Å². The van der Waals surface area contributed by atoms with Gasteiger partial charge in [-0.25, -0.2) is 14.8 Å². The lowest BCUT2D eigenvalue weighted by Gasteiger charge is -2.38. The number of fused-ring (bicyclic) bond motifs is 1. The molecule has 1 unspecified atom stereocenters. The van der Waals surface area contributed by atoms with Crippen LogP contribution in [0.5, 0.6) is 5.75 Å². The van der Waals surface area contributed by atoms with Gasteiger partial charge in [0.15, 0.2) is 5.82 Å². The second kappa shape index (κ2) is 10.0. The number of nitrogens with zero attached hydrogens (tertiary/aromatic N) is 3. The number of carboxylic acid groups (broad SMARTS) is 1. The smallest absolute Gasteiger partial charge is 0.404 e. The van der Waals surface area contributed by atoms with E-state index in [1.165, 1.54) is 0 Å². The summed E-state index contributed by atoms with van der Waals surface area (Å²) >= 11 is 0. The van der Waals surface area contributed by atoms with Crippen molar-refractivity contribution < 1.29 is 19.7 Å². The fourth-order valence-corrected chi connectivity index (χ4v) is 4.61. The number of anilines is 1. The van der Waals surface area contributed by atoms with Crippen molar-refractivity contribution >= 4 is 22.8 Å². The monoisotopic (exact) mass is 450 g/mol. The number of hydrogen-bond acceptors (Lipinski definition) is 6. The Balaban J connectivity index is 1.73. The number of phenols is 1. The van der Waals surface area contributed by atoms with Gasteiger partial charge in [-0.15, -0.1) is 0 Å². The molecule has 1 aliphatic heterocycles. The van der Waals surface area contributed by atoms with E-state index in [2.05, 4.69) is 10.2 Å². The molecule has 1 aliphatic rings. The van der Waals surface area contributed by atoms with Crippen molar-refractivity contribution in [3.05, 3.63) is 48.0 Å². The fraction of sp³-hybridized carbons (Fsp3) is 0.400. The predicted molar refractivity (Wildman–Crippen MR) is 128 cm³/mol. The quantitative estimate of drug-likeness (QED) is 0.495. The number of methoxy groups -OCH3 is 1. The molecule has 8 nitrogen and oxygen atoms in total. The SMILES string of the molecule is COCCC(NC(=O)O)[C@H]1CCCN(c2nc(-c3ccccc3O)nc3cc(C)ccc23)C1. The van der Waals surface area contributed by atoms with Gasteiger partial charge in [0.25, 0.3) is 0 Å². The Morgan fingerprint density at radius 1 is 1.27 bits per heavy atom. The van der Waals surface area contributed by atoms with Crippen molar-refractivity contribution in [1.29, 1.82) is 0 Å². The van der Waals surface area contributed by atoms with Crippen molar-refractivity contribution in [2.45, 2.75) is 32.2 Å². The molecule has 33 heavy (non-hydrogen) atoms. The van der Waals surface area contributed by atoms with Crippen LogP contribution >= 0.6 is 0 Å².